The first-order chi connectivity index (χ1) is 18.2. The molecule has 12 heteroatoms. The molecule has 38 heavy (non-hydrogen) atoms. The molecule has 0 unspecified atom stereocenters. The van der Waals surface area contributed by atoms with Gasteiger partial charge in [-0.2, -0.15) is 5.10 Å². The molecular formula is C26H31N7O4S. The number of sulfone groups is 1. The Bertz CT molecular complexity index is 1520. The van der Waals surface area contributed by atoms with Crippen molar-refractivity contribution in [2.45, 2.75) is 57.1 Å². The first-order valence-electron chi connectivity index (χ1n) is 12.5. The second kappa shape index (κ2) is 10.2. The molecule has 0 N–H and O–H groups in total. The Hall–Kier alpha value is -3.80. The van der Waals surface area contributed by atoms with Gasteiger partial charge in [0, 0.05) is 30.6 Å². The molecule has 1 aliphatic heterocycles. The van der Waals surface area contributed by atoms with Crippen LogP contribution in [0.5, 0.6) is 11.5 Å². The van der Waals surface area contributed by atoms with E-state index in [2.05, 4.69) is 20.2 Å². The highest BCUT2D eigenvalue weighted by Crippen LogP contribution is 2.37. The second-order valence-corrected chi connectivity index (χ2v) is 11.9. The van der Waals surface area contributed by atoms with Crippen molar-refractivity contribution in [3.8, 4) is 28.7 Å². The molecule has 4 aromatic rings. The van der Waals surface area contributed by atoms with Crippen LogP contribution in [0.3, 0.4) is 0 Å². The van der Waals surface area contributed by atoms with Crippen LogP contribution in [-0.2, 0) is 28.6 Å². The highest BCUT2D eigenvalue weighted by molar-refractivity contribution is 7.91. The normalized spacial score (nSPS) is 14.8. The van der Waals surface area contributed by atoms with Gasteiger partial charge in [0.1, 0.15) is 34.5 Å². The Labute approximate surface area is 221 Å². The zero-order chi connectivity index (χ0) is 27.0. The van der Waals surface area contributed by atoms with E-state index in [1.54, 1.807) is 56.3 Å². The Morgan fingerprint density at radius 1 is 1.05 bits per heavy atom. The quantitative estimate of drug-likeness (QED) is 0.316. The predicted molar refractivity (Wildman–Crippen MR) is 141 cm³/mol. The van der Waals surface area contributed by atoms with Crippen molar-refractivity contribution in [1.29, 1.82) is 0 Å². The van der Waals surface area contributed by atoms with Crippen LogP contribution in [0, 0.1) is 6.92 Å². The molecule has 0 fully saturated rings. The smallest absolute Gasteiger partial charge is 0.189 e. The van der Waals surface area contributed by atoms with Gasteiger partial charge >= 0.3 is 0 Å². The SMILES string of the molecule is COc1cccc(OC)c1-n1c(CS(=O)(=O)[C@@H](C)[C@H](C)c2ncc(C)cn2)nnc1-c1cc2n(n1)CCC2. The average Bonchev–Trinajstić information content (AvgIpc) is 3.62. The summed E-state index contributed by atoms with van der Waals surface area (Å²) in [7, 11) is -0.615. The highest BCUT2D eigenvalue weighted by Gasteiger charge is 2.33. The predicted octanol–water partition coefficient (Wildman–Crippen LogP) is 3.30. The van der Waals surface area contributed by atoms with Crippen molar-refractivity contribution < 1.29 is 17.9 Å². The average molecular weight is 538 g/mol. The third-order valence-electron chi connectivity index (χ3n) is 7.06. The monoisotopic (exact) mass is 537 g/mol. The van der Waals surface area contributed by atoms with Gasteiger partial charge < -0.3 is 9.47 Å². The Morgan fingerprint density at radius 2 is 1.74 bits per heavy atom. The van der Waals surface area contributed by atoms with Gasteiger partial charge in [0.2, 0.25) is 0 Å². The minimum absolute atomic E-state index is 0.236. The summed E-state index contributed by atoms with van der Waals surface area (Å²) < 4.78 is 42.4. The van der Waals surface area contributed by atoms with E-state index in [1.807, 2.05) is 24.6 Å². The maximum atomic E-state index is 13.7. The van der Waals surface area contributed by atoms with Gasteiger partial charge in [-0.15, -0.1) is 10.2 Å². The molecule has 2 atom stereocenters. The molecule has 4 heterocycles. The molecule has 1 aromatic carbocycles. The van der Waals surface area contributed by atoms with Gasteiger partial charge in [-0.1, -0.05) is 13.0 Å². The molecule has 0 radical (unpaired) electrons. The van der Waals surface area contributed by atoms with Crippen molar-refractivity contribution in [2.24, 2.45) is 0 Å². The highest BCUT2D eigenvalue weighted by atomic mass is 32.2. The fraction of sp³-hybridized carbons (Fsp3) is 0.423. The van der Waals surface area contributed by atoms with Crippen LogP contribution in [-0.4, -0.2) is 62.4 Å². The number of ether oxygens (including phenoxy) is 2. The van der Waals surface area contributed by atoms with Crippen LogP contribution in [0.4, 0.5) is 0 Å². The molecule has 0 saturated carbocycles. The first kappa shape index (κ1) is 25.8. The molecule has 5 rings (SSSR count). The topological polar surface area (TPSA) is 127 Å². The molecule has 200 valence electrons. The van der Waals surface area contributed by atoms with Gasteiger partial charge in [-0.05, 0) is 50.5 Å². The second-order valence-electron chi connectivity index (χ2n) is 9.55. The standard InChI is InChI=1S/C26H31N7O4S/c1-16-13-27-25(28-14-16)17(2)18(3)38(34,35)15-23-29-30-26(20-12-19-8-7-11-32(19)31-20)33(23)24-21(36-4)9-6-10-22(24)37-5/h6,9-10,12-14,17-18H,7-8,11,15H2,1-5H3/t17-,18-/m0/s1. The summed E-state index contributed by atoms with van der Waals surface area (Å²) in [4.78, 5) is 8.69. The summed E-state index contributed by atoms with van der Waals surface area (Å²) in [5.41, 5.74) is 3.14. The van der Waals surface area contributed by atoms with Crippen LogP contribution in [0.2, 0.25) is 0 Å². The number of aryl methyl sites for hydroxylation is 3. The van der Waals surface area contributed by atoms with Crippen LogP contribution >= 0.6 is 0 Å². The number of fused-ring (bicyclic) bond motifs is 1. The molecular weight excluding hydrogens is 506 g/mol. The number of para-hydroxylation sites is 1. The lowest BCUT2D eigenvalue weighted by molar-refractivity contribution is 0.390. The van der Waals surface area contributed by atoms with Gasteiger partial charge in [-0.25, -0.2) is 18.4 Å². The van der Waals surface area contributed by atoms with Gasteiger partial charge in [0.25, 0.3) is 0 Å². The third-order valence-corrected chi connectivity index (χ3v) is 9.26. The van der Waals surface area contributed by atoms with E-state index < -0.39 is 21.0 Å². The van der Waals surface area contributed by atoms with Gasteiger partial charge in [0.05, 0.1) is 19.5 Å². The molecule has 0 bridgehead atoms. The molecule has 0 aliphatic carbocycles. The van der Waals surface area contributed by atoms with E-state index >= 15 is 0 Å². The summed E-state index contributed by atoms with van der Waals surface area (Å²) in [5.74, 6) is 1.34. The van der Waals surface area contributed by atoms with E-state index in [4.69, 9.17) is 14.6 Å². The number of benzene rings is 1. The van der Waals surface area contributed by atoms with Gasteiger partial charge in [0.15, 0.2) is 21.5 Å². The van der Waals surface area contributed by atoms with Crippen molar-refractivity contribution in [2.75, 3.05) is 14.2 Å². The Kier molecular flexibility index (Phi) is 6.91. The Morgan fingerprint density at radius 3 is 2.37 bits per heavy atom. The largest absolute Gasteiger partial charge is 0.494 e. The zero-order valence-corrected chi connectivity index (χ0v) is 22.9. The lowest BCUT2D eigenvalue weighted by Gasteiger charge is -2.20. The minimum atomic E-state index is -3.72. The fourth-order valence-corrected chi connectivity index (χ4v) is 6.26. The maximum absolute atomic E-state index is 13.7. The van der Waals surface area contributed by atoms with Gasteiger partial charge in [-0.3, -0.25) is 9.25 Å². The van der Waals surface area contributed by atoms with Crippen molar-refractivity contribution in [3.05, 3.63) is 59.6 Å². The summed E-state index contributed by atoms with van der Waals surface area (Å²) in [6, 6.07) is 7.35. The van der Waals surface area contributed by atoms with Crippen LogP contribution in [0.1, 0.15) is 49.1 Å². The van der Waals surface area contributed by atoms with Crippen LogP contribution in [0.15, 0.2) is 36.7 Å². The summed E-state index contributed by atoms with van der Waals surface area (Å²) in [6.45, 7) is 6.21. The summed E-state index contributed by atoms with van der Waals surface area (Å²) in [6.07, 6.45) is 5.35. The number of nitrogens with zero attached hydrogens (tertiary/aromatic N) is 7. The molecule has 1 aliphatic rings. The van der Waals surface area contributed by atoms with E-state index in [0.29, 0.717) is 34.5 Å². The summed E-state index contributed by atoms with van der Waals surface area (Å²) in [5, 5.41) is 12.7. The van der Waals surface area contributed by atoms with E-state index in [9.17, 15) is 8.42 Å². The molecule has 11 nitrogen and oxygen atoms in total. The molecule has 0 saturated heterocycles. The van der Waals surface area contributed by atoms with Crippen LogP contribution in [0.25, 0.3) is 17.2 Å². The molecule has 3 aromatic heterocycles. The zero-order valence-electron chi connectivity index (χ0n) is 22.1. The number of rotatable bonds is 9. The number of methoxy groups -OCH3 is 2. The number of aromatic nitrogens is 7. The van der Waals surface area contributed by atoms with Crippen LogP contribution < -0.4 is 9.47 Å². The molecule has 0 spiro atoms. The Balaban J connectivity index is 1.60. The molecule has 0 amide bonds. The van der Waals surface area contributed by atoms with Crippen molar-refractivity contribution in [1.82, 2.24) is 34.5 Å². The summed E-state index contributed by atoms with van der Waals surface area (Å²) >= 11 is 0. The first-order valence-corrected chi connectivity index (χ1v) is 14.2. The maximum Gasteiger partial charge on any atom is 0.189 e. The van der Waals surface area contributed by atoms with Crippen molar-refractivity contribution >= 4 is 9.84 Å². The van der Waals surface area contributed by atoms with E-state index in [-0.39, 0.29) is 11.6 Å². The minimum Gasteiger partial charge on any atom is -0.494 e. The van der Waals surface area contributed by atoms with E-state index in [0.717, 1.165) is 30.6 Å². The lowest BCUT2D eigenvalue weighted by Crippen LogP contribution is -2.27. The number of hydrogen-bond donors (Lipinski definition) is 0. The lowest BCUT2D eigenvalue weighted by atomic mass is 10.1. The fourth-order valence-electron chi connectivity index (χ4n) is 4.70. The van der Waals surface area contributed by atoms with E-state index in [1.165, 1.54) is 0 Å². The third kappa shape index (κ3) is 4.64. The van der Waals surface area contributed by atoms with Crippen molar-refractivity contribution in [3.63, 3.8) is 0 Å². The number of hydrogen-bond acceptors (Lipinski definition) is 9.